The molecule has 0 unspecified atom stereocenters. The second-order valence-electron chi connectivity index (χ2n) is 2.52. The van der Waals surface area contributed by atoms with Crippen molar-refractivity contribution >= 4 is 5.69 Å². The molecular formula is C7H2F5NO2. The standard InChI is InChI=1S/C7H2F5NO2/c8-5-3(7(10,11)12)1-2-4(6(5)9)13(14)15/h1-2H. The SMILES string of the molecule is O=[N+]([O-])c1ccc(C(F)(F)F)c(F)c1F. The summed E-state index contributed by atoms with van der Waals surface area (Å²) in [6, 6.07) is 0.387. The molecule has 0 N–H and O–H groups in total. The summed E-state index contributed by atoms with van der Waals surface area (Å²) in [5.41, 5.74) is -3.20. The van der Waals surface area contributed by atoms with Gasteiger partial charge in [-0.3, -0.25) is 10.1 Å². The van der Waals surface area contributed by atoms with E-state index in [4.69, 9.17) is 0 Å². The van der Waals surface area contributed by atoms with Gasteiger partial charge in [0, 0.05) is 6.07 Å². The molecule has 0 heterocycles. The quantitative estimate of drug-likeness (QED) is 0.420. The summed E-state index contributed by atoms with van der Waals surface area (Å²) in [7, 11) is 0. The van der Waals surface area contributed by atoms with Gasteiger partial charge in [0.25, 0.3) is 0 Å². The van der Waals surface area contributed by atoms with Crippen molar-refractivity contribution in [1.29, 1.82) is 0 Å². The van der Waals surface area contributed by atoms with Crippen molar-refractivity contribution < 1.29 is 26.9 Å². The molecule has 3 nitrogen and oxygen atoms in total. The van der Waals surface area contributed by atoms with E-state index in [9.17, 15) is 32.1 Å². The monoisotopic (exact) mass is 227 g/mol. The Morgan fingerprint density at radius 1 is 1.13 bits per heavy atom. The number of halogens is 5. The summed E-state index contributed by atoms with van der Waals surface area (Å²) in [5.74, 6) is -4.38. The van der Waals surface area contributed by atoms with Gasteiger partial charge in [-0.25, -0.2) is 4.39 Å². The molecule has 0 amide bonds. The number of rotatable bonds is 1. The van der Waals surface area contributed by atoms with Crippen LogP contribution in [0.25, 0.3) is 0 Å². The third kappa shape index (κ3) is 2.03. The Kier molecular flexibility index (Phi) is 2.61. The minimum Gasteiger partial charge on any atom is -0.258 e. The zero-order valence-corrected chi connectivity index (χ0v) is 6.81. The molecule has 0 aromatic heterocycles. The number of alkyl halides is 3. The van der Waals surface area contributed by atoms with E-state index in [0.717, 1.165) is 0 Å². The van der Waals surface area contributed by atoms with Crippen molar-refractivity contribution in [3.63, 3.8) is 0 Å². The summed E-state index contributed by atoms with van der Waals surface area (Å²) < 4.78 is 61.4. The van der Waals surface area contributed by atoms with E-state index in [0.29, 0.717) is 0 Å². The fourth-order valence-electron chi connectivity index (χ4n) is 0.899. The van der Waals surface area contributed by atoms with Crippen LogP contribution in [-0.2, 0) is 6.18 Å². The van der Waals surface area contributed by atoms with Crippen LogP contribution in [0.5, 0.6) is 0 Å². The zero-order chi connectivity index (χ0) is 11.8. The highest BCUT2D eigenvalue weighted by Crippen LogP contribution is 2.34. The van der Waals surface area contributed by atoms with Gasteiger partial charge in [0.05, 0.1) is 10.5 Å². The molecule has 0 atom stereocenters. The van der Waals surface area contributed by atoms with Gasteiger partial charge >= 0.3 is 11.9 Å². The minimum absolute atomic E-state index is 0.122. The lowest BCUT2D eigenvalue weighted by molar-refractivity contribution is -0.387. The van der Waals surface area contributed by atoms with E-state index in [1.165, 1.54) is 0 Å². The van der Waals surface area contributed by atoms with Gasteiger partial charge in [0.1, 0.15) is 0 Å². The first-order valence-corrected chi connectivity index (χ1v) is 3.44. The molecule has 0 saturated heterocycles. The lowest BCUT2D eigenvalue weighted by Gasteiger charge is -2.07. The molecule has 1 aromatic rings. The molecule has 0 aliphatic rings. The van der Waals surface area contributed by atoms with Crippen LogP contribution in [0, 0.1) is 21.7 Å². The number of benzene rings is 1. The second kappa shape index (κ2) is 3.44. The summed E-state index contributed by atoms with van der Waals surface area (Å²) in [6.07, 6.45) is -5.08. The molecule has 82 valence electrons. The van der Waals surface area contributed by atoms with Crippen LogP contribution >= 0.6 is 0 Å². The first-order valence-electron chi connectivity index (χ1n) is 3.44. The molecule has 8 heteroatoms. The highest BCUT2D eigenvalue weighted by atomic mass is 19.4. The van der Waals surface area contributed by atoms with Crippen molar-refractivity contribution in [2.45, 2.75) is 6.18 Å². The first-order chi connectivity index (χ1) is 6.75. The molecule has 1 rings (SSSR count). The van der Waals surface area contributed by atoms with Gasteiger partial charge in [-0.15, -0.1) is 0 Å². The maximum Gasteiger partial charge on any atom is 0.419 e. The van der Waals surface area contributed by atoms with E-state index in [2.05, 4.69) is 0 Å². The van der Waals surface area contributed by atoms with Gasteiger partial charge in [0.15, 0.2) is 5.82 Å². The zero-order valence-electron chi connectivity index (χ0n) is 6.81. The Bertz CT molecular complexity index is 415. The van der Waals surface area contributed by atoms with Crippen molar-refractivity contribution in [2.24, 2.45) is 0 Å². The molecule has 0 aliphatic carbocycles. The van der Waals surface area contributed by atoms with Crippen molar-refractivity contribution in [1.82, 2.24) is 0 Å². The lowest BCUT2D eigenvalue weighted by atomic mass is 10.2. The molecule has 0 bridgehead atoms. The van der Waals surface area contributed by atoms with Gasteiger partial charge in [-0.05, 0) is 6.07 Å². The number of hydrogen-bond donors (Lipinski definition) is 0. The Morgan fingerprint density at radius 2 is 1.67 bits per heavy atom. The van der Waals surface area contributed by atoms with Gasteiger partial charge in [-0.1, -0.05) is 0 Å². The Balaban J connectivity index is 3.41. The first kappa shape index (κ1) is 11.3. The third-order valence-corrected chi connectivity index (χ3v) is 1.56. The molecule has 0 saturated carbocycles. The second-order valence-corrected chi connectivity index (χ2v) is 2.52. The highest BCUT2D eigenvalue weighted by molar-refractivity contribution is 5.37. The maximum atomic E-state index is 12.7. The third-order valence-electron chi connectivity index (χ3n) is 1.56. The van der Waals surface area contributed by atoms with Crippen LogP contribution in [0.15, 0.2) is 12.1 Å². The molecule has 1 aromatic carbocycles. The molecule has 0 radical (unpaired) electrons. The average molecular weight is 227 g/mol. The number of hydrogen-bond acceptors (Lipinski definition) is 2. The predicted molar refractivity (Wildman–Crippen MR) is 38.0 cm³/mol. The Morgan fingerprint density at radius 3 is 2.07 bits per heavy atom. The lowest BCUT2D eigenvalue weighted by Crippen LogP contribution is -2.10. The van der Waals surface area contributed by atoms with E-state index in [1.54, 1.807) is 0 Å². The Hall–Kier alpha value is -1.73. The molecule has 0 spiro atoms. The largest absolute Gasteiger partial charge is 0.419 e. The predicted octanol–water partition coefficient (Wildman–Crippen LogP) is 2.89. The van der Waals surface area contributed by atoms with Gasteiger partial charge in [0.2, 0.25) is 5.82 Å². The number of nitrogens with zero attached hydrogens (tertiary/aromatic N) is 1. The average Bonchev–Trinajstić information content (AvgIpc) is 2.06. The van der Waals surface area contributed by atoms with E-state index in [1.807, 2.05) is 0 Å². The van der Waals surface area contributed by atoms with E-state index >= 15 is 0 Å². The van der Waals surface area contributed by atoms with E-state index < -0.39 is 34.0 Å². The molecule has 15 heavy (non-hydrogen) atoms. The minimum atomic E-state index is -5.08. The fourth-order valence-corrected chi connectivity index (χ4v) is 0.899. The normalized spacial score (nSPS) is 11.5. The van der Waals surface area contributed by atoms with Crippen LogP contribution in [0.2, 0.25) is 0 Å². The van der Waals surface area contributed by atoms with Crippen LogP contribution < -0.4 is 0 Å². The summed E-state index contributed by atoms with van der Waals surface area (Å²) in [6.45, 7) is 0. The highest BCUT2D eigenvalue weighted by Gasteiger charge is 2.37. The van der Waals surface area contributed by atoms with Crippen molar-refractivity contribution in [3.8, 4) is 0 Å². The molecule has 0 aliphatic heterocycles. The van der Waals surface area contributed by atoms with Crippen LogP contribution in [0.3, 0.4) is 0 Å². The van der Waals surface area contributed by atoms with Crippen LogP contribution in [0.4, 0.5) is 27.6 Å². The van der Waals surface area contributed by atoms with Crippen molar-refractivity contribution in [2.75, 3.05) is 0 Å². The van der Waals surface area contributed by atoms with Gasteiger partial charge in [-0.2, -0.15) is 17.6 Å². The van der Waals surface area contributed by atoms with E-state index in [-0.39, 0.29) is 12.1 Å². The fraction of sp³-hybridized carbons (Fsp3) is 0.143. The molecular weight excluding hydrogens is 225 g/mol. The van der Waals surface area contributed by atoms with Crippen molar-refractivity contribution in [3.05, 3.63) is 39.4 Å². The smallest absolute Gasteiger partial charge is 0.258 e. The molecule has 0 fully saturated rings. The Labute approximate surface area is 79.3 Å². The number of nitro benzene ring substituents is 1. The topological polar surface area (TPSA) is 43.1 Å². The number of nitro groups is 1. The summed E-state index contributed by atoms with van der Waals surface area (Å²) in [5, 5.41) is 10.1. The maximum absolute atomic E-state index is 12.7. The van der Waals surface area contributed by atoms with Crippen LogP contribution in [-0.4, -0.2) is 4.92 Å². The summed E-state index contributed by atoms with van der Waals surface area (Å²) >= 11 is 0. The summed E-state index contributed by atoms with van der Waals surface area (Å²) in [4.78, 5) is 8.75. The van der Waals surface area contributed by atoms with Crippen LogP contribution in [0.1, 0.15) is 5.56 Å². The van der Waals surface area contributed by atoms with Gasteiger partial charge < -0.3 is 0 Å².